The molecule has 3 heteroatoms. The molecular weight excluding hydrogens is 218 g/mol. The summed E-state index contributed by atoms with van der Waals surface area (Å²) in [5.41, 5.74) is 6.55. The van der Waals surface area contributed by atoms with Crippen LogP contribution >= 0.6 is 11.8 Å². The minimum atomic E-state index is 0.236. The van der Waals surface area contributed by atoms with E-state index in [4.69, 9.17) is 10.5 Å². The van der Waals surface area contributed by atoms with Gasteiger partial charge in [-0.1, -0.05) is 12.8 Å². The summed E-state index contributed by atoms with van der Waals surface area (Å²) in [5, 5.41) is 0. The highest BCUT2D eigenvalue weighted by Crippen LogP contribution is 2.42. The standard InChI is InChI=1S/C13H25NOS/c1-16-9-5-12(14)11-4-8-15-13(10-11)6-2-3-7-13/h11-12H,2-10,14H2,1H3. The molecule has 2 rings (SSSR count). The fourth-order valence-corrected chi connectivity index (χ4v) is 3.80. The van der Waals surface area contributed by atoms with Crippen molar-refractivity contribution in [3.63, 3.8) is 0 Å². The van der Waals surface area contributed by atoms with E-state index < -0.39 is 0 Å². The number of ether oxygens (including phenoxy) is 1. The summed E-state index contributed by atoms with van der Waals surface area (Å²) in [4.78, 5) is 0. The van der Waals surface area contributed by atoms with Crippen LogP contribution in [0, 0.1) is 5.92 Å². The maximum atomic E-state index is 6.32. The monoisotopic (exact) mass is 243 g/mol. The molecule has 1 saturated carbocycles. The first-order valence-corrected chi connectivity index (χ1v) is 8.04. The highest BCUT2D eigenvalue weighted by atomic mass is 32.2. The molecular formula is C13H25NOS. The van der Waals surface area contributed by atoms with E-state index in [-0.39, 0.29) is 5.60 Å². The van der Waals surface area contributed by atoms with E-state index in [1.165, 1.54) is 50.7 Å². The Morgan fingerprint density at radius 3 is 2.88 bits per heavy atom. The predicted molar refractivity (Wildman–Crippen MR) is 70.8 cm³/mol. The van der Waals surface area contributed by atoms with Crippen molar-refractivity contribution in [1.29, 1.82) is 0 Å². The van der Waals surface area contributed by atoms with Crippen LogP contribution in [0.15, 0.2) is 0 Å². The van der Waals surface area contributed by atoms with Crippen molar-refractivity contribution in [3.05, 3.63) is 0 Å². The molecule has 1 aliphatic heterocycles. The van der Waals surface area contributed by atoms with E-state index in [2.05, 4.69) is 6.26 Å². The molecule has 0 aromatic heterocycles. The molecule has 0 radical (unpaired) electrons. The minimum Gasteiger partial charge on any atom is -0.375 e. The van der Waals surface area contributed by atoms with Crippen molar-refractivity contribution >= 4 is 11.8 Å². The summed E-state index contributed by atoms with van der Waals surface area (Å²) in [7, 11) is 0. The van der Waals surface area contributed by atoms with Gasteiger partial charge in [0.2, 0.25) is 0 Å². The van der Waals surface area contributed by atoms with E-state index in [0.29, 0.717) is 12.0 Å². The van der Waals surface area contributed by atoms with Crippen LogP contribution in [0.4, 0.5) is 0 Å². The van der Waals surface area contributed by atoms with Gasteiger partial charge in [0.1, 0.15) is 0 Å². The van der Waals surface area contributed by atoms with Crippen molar-refractivity contribution in [1.82, 2.24) is 0 Å². The average molecular weight is 243 g/mol. The Morgan fingerprint density at radius 2 is 2.19 bits per heavy atom. The van der Waals surface area contributed by atoms with Crippen LogP contribution in [0.3, 0.4) is 0 Å². The van der Waals surface area contributed by atoms with E-state index in [1.807, 2.05) is 11.8 Å². The molecule has 0 aromatic carbocycles. The molecule has 1 spiro atoms. The third-order valence-electron chi connectivity index (χ3n) is 4.31. The molecule has 2 fully saturated rings. The number of hydrogen-bond acceptors (Lipinski definition) is 3. The van der Waals surface area contributed by atoms with E-state index in [1.54, 1.807) is 0 Å². The summed E-state index contributed by atoms with van der Waals surface area (Å²) < 4.78 is 6.05. The topological polar surface area (TPSA) is 35.2 Å². The third-order valence-corrected chi connectivity index (χ3v) is 4.95. The Morgan fingerprint density at radius 1 is 1.44 bits per heavy atom. The maximum absolute atomic E-state index is 6.32. The van der Waals surface area contributed by atoms with Crippen LogP contribution in [-0.2, 0) is 4.74 Å². The van der Waals surface area contributed by atoms with E-state index in [9.17, 15) is 0 Å². The second-order valence-corrected chi connectivity index (χ2v) is 6.42. The Hall–Kier alpha value is 0.270. The molecule has 1 aliphatic carbocycles. The van der Waals surface area contributed by atoms with Crippen molar-refractivity contribution in [2.45, 2.75) is 56.6 Å². The zero-order chi connectivity index (χ0) is 11.4. The van der Waals surface area contributed by atoms with Crippen LogP contribution in [0.5, 0.6) is 0 Å². The molecule has 2 unspecified atom stereocenters. The minimum absolute atomic E-state index is 0.236. The van der Waals surface area contributed by atoms with Gasteiger partial charge in [0, 0.05) is 12.6 Å². The summed E-state index contributed by atoms with van der Waals surface area (Å²) in [6, 6.07) is 0.397. The van der Waals surface area contributed by atoms with Gasteiger partial charge < -0.3 is 10.5 Å². The first-order chi connectivity index (χ1) is 7.76. The average Bonchev–Trinajstić information content (AvgIpc) is 2.74. The number of nitrogens with two attached hydrogens (primary N) is 1. The second kappa shape index (κ2) is 5.74. The molecule has 2 aliphatic rings. The SMILES string of the molecule is CSCCC(N)C1CCOC2(CCCC2)C1. The van der Waals surface area contributed by atoms with Crippen LogP contribution in [-0.4, -0.2) is 30.3 Å². The first kappa shape index (κ1) is 12.7. The summed E-state index contributed by atoms with van der Waals surface area (Å²) in [6.45, 7) is 0.942. The summed E-state index contributed by atoms with van der Waals surface area (Å²) >= 11 is 1.91. The fraction of sp³-hybridized carbons (Fsp3) is 1.00. The fourth-order valence-electron chi connectivity index (χ4n) is 3.29. The molecule has 0 aromatic rings. The molecule has 16 heavy (non-hydrogen) atoms. The van der Waals surface area contributed by atoms with Gasteiger partial charge in [-0.05, 0) is 50.0 Å². The van der Waals surface area contributed by atoms with Crippen molar-refractivity contribution in [2.75, 3.05) is 18.6 Å². The zero-order valence-corrected chi connectivity index (χ0v) is 11.2. The highest BCUT2D eigenvalue weighted by molar-refractivity contribution is 7.98. The zero-order valence-electron chi connectivity index (χ0n) is 10.4. The summed E-state index contributed by atoms with van der Waals surface area (Å²) in [6.07, 6.45) is 11.0. The molecule has 0 amide bonds. The van der Waals surface area contributed by atoms with Crippen LogP contribution in [0.1, 0.15) is 44.9 Å². The normalized spacial score (nSPS) is 30.8. The summed E-state index contributed by atoms with van der Waals surface area (Å²) in [5.74, 6) is 1.91. The smallest absolute Gasteiger partial charge is 0.0685 e. The Kier molecular flexibility index (Phi) is 4.57. The number of hydrogen-bond donors (Lipinski definition) is 1. The van der Waals surface area contributed by atoms with Gasteiger partial charge in [-0.2, -0.15) is 11.8 Å². The van der Waals surface area contributed by atoms with Gasteiger partial charge in [0.25, 0.3) is 0 Å². The van der Waals surface area contributed by atoms with Gasteiger partial charge in [0.05, 0.1) is 5.60 Å². The first-order valence-electron chi connectivity index (χ1n) is 6.64. The van der Waals surface area contributed by atoms with Crippen LogP contribution in [0.2, 0.25) is 0 Å². The number of rotatable bonds is 4. The Bertz CT molecular complexity index is 216. The van der Waals surface area contributed by atoms with E-state index >= 15 is 0 Å². The number of thioether (sulfide) groups is 1. The van der Waals surface area contributed by atoms with Gasteiger partial charge in [-0.3, -0.25) is 0 Å². The Labute approximate surface area is 104 Å². The van der Waals surface area contributed by atoms with E-state index in [0.717, 1.165) is 6.61 Å². The molecule has 2 atom stereocenters. The maximum Gasteiger partial charge on any atom is 0.0685 e. The molecule has 2 nitrogen and oxygen atoms in total. The molecule has 1 saturated heterocycles. The molecule has 1 heterocycles. The van der Waals surface area contributed by atoms with Gasteiger partial charge >= 0.3 is 0 Å². The lowest BCUT2D eigenvalue weighted by Crippen LogP contribution is -2.44. The van der Waals surface area contributed by atoms with Crippen molar-refractivity contribution in [2.24, 2.45) is 11.7 Å². The lowest BCUT2D eigenvalue weighted by molar-refractivity contribution is -0.0961. The lowest BCUT2D eigenvalue weighted by atomic mass is 9.80. The van der Waals surface area contributed by atoms with Gasteiger partial charge in [-0.25, -0.2) is 0 Å². The highest BCUT2D eigenvalue weighted by Gasteiger charge is 2.41. The predicted octanol–water partition coefficient (Wildman–Crippen LogP) is 2.81. The van der Waals surface area contributed by atoms with Gasteiger partial charge in [0.15, 0.2) is 0 Å². The Balaban J connectivity index is 1.85. The molecule has 2 N–H and O–H groups in total. The van der Waals surface area contributed by atoms with Crippen LogP contribution in [0.25, 0.3) is 0 Å². The second-order valence-electron chi connectivity index (χ2n) is 5.44. The van der Waals surface area contributed by atoms with Crippen LogP contribution < -0.4 is 5.73 Å². The lowest BCUT2D eigenvalue weighted by Gasteiger charge is -2.40. The third kappa shape index (κ3) is 2.93. The van der Waals surface area contributed by atoms with Crippen molar-refractivity contribution < 1.29 is 4.74 Å². The van der Waals surface area contributed by atoms with Gasteiger partial charge in [-0.15, -0.1) is 0 Å². The molecule has 94 valence electrons. The van der Waals surface area contributed by atoms with Crippen molar-refractivity contribution in [3.8, 4) is 0 Å². The quantitative estimate of drug-likeness (QED) is 0.824. The molecule has 0 bridgehead atoms. The largest absolute Gasteiger partial charge is 0.375 e.